The van der Waals surface area contributed by atoms with E-state index in [1.807, 2.05) is 0 Å². The molecule has 0 unspecified atom stereocenters. The van der Waals surface area contributed by atoms with E-state index in [-0.39, 0.29) is 32.6 Å². The number of benzene rings is 4. The first-order valence-corrected chi connectivity index (χ1v) is 16.2. The van der Waals surface area contributed by atoms with Crippen LogP contribution in [0, 0.1) is 17.0 Å². The molecule has 0 aliphatic carbocycles. The maximum atomic E-state index is 13.9. The summed E-state index contributed by atoms with van der Waals surface area (Å²) in [6.07, 6.45) is 0. The van der Waals surface area contributed by atoms with Crippen molar-refractivity contribution in [3.8, 4) is 5.75 Å². The van der Waals surface area contributed by atoms with Crippen molar-refractivity contribution in [2.75, 3.05) is 28.0 Å². The van der Waals surface area contributed by atoms with E-state index in [0.717, 1.165) is 10.4 Å². The number of nitrogens with one attached hydrogen (secondary N) is 2. The van der Waals surface area contributed by atoms with Crippen molar-refractivity contribution in [2.45, 2.75) is 16.7 Å². The Morgan fingerprint density at radius 3 is 2.07 bits per heavy atom. The number of nitro groups is 1. The van der Waals surface area contributed by atoms with Crippen LogP contribution in [-0.4, -0.2) is 41.3 Å². The van der Waals surface area contributed by atoms with E-state index in [0.29, 0.717) is 10.7 Å². The summed E-state index contributed by atoms with van der Waals surface area (Å²) in [6, 6.07) is 18.8. The molecule has 0 aliphatic heterocycles. The van der Waals surface area contributed by atoms with E-state index in [2.05, 4.69) is 10.0 Å². The molecule has 0 spiro atoms. The highest BCUT2D eigenvalue weighted by molar-refractivity contribution is 7.93. The van der Waals surface area contributed by atoms with Gasteiger partial charge in [0.25, 0.3) is 25.7 Å². The van der Waals surface area contributed by atoms with Gasteiger partial charge in [0.05, 0.1) is 27.5 Å². The number of nitro benzene ring substituents is 1. The Bertz CT molecular complexity index is 1940. The Morgan fingerprint density at radius 2 is 1.45 bits per heavy atom. The number of hydrogen-bond donors (Lipinski definition) is 2. The predicted octanol–water partition coefficient (Wildman–Crippen LogP) is 5.85. The first-order valence-electron chi connectivity index (χ1n) is 12.5. The molecule has 44 heavy (non-hydrogen) atoms. The highest BCUT2D eigenvalue weighted by Gasteiger charge is 2.31. The second kappa shape index (κ2) is 13.1. The molecule has 16 heteroatoms. The van der Waals surface area contributed by atoms with Crippen molar-refractivity contribution < 1.29 is 31.3 Å². The highest BCUT2D eigenvalue weighted by Crippen LogP contribution is 2.36. The Morgan fingerprint density at radius 1 is 0.864 bits per heavy atom. The van der Waals surface area contributed by atoms with Gasteiger partial charge >= 0.3 is 0 Å². The van der Waals surface area contributed by atoms with Crippen LogP contribution in [0.25, 0.3) is 0 Å². The lowest BCUT2D eigenvalue weighted by atomic mass is 10.2. The smallest absolute Gasteiger partial charge is 0.273 e. The number of hydrogen-bond acceptors (Lipinski definition) is 8. The van der Waals surface area contributed by atoms with E-state index in [1.54, 1.807) is 0 Å². The summed E-state index contributed by atoms with van der Waals surface area (Å²) in [6.45, 7) is 0.670. The average Bonchev–Trinajstić information content (AvgIpc) is 2.97. The number of sulfonamides is 2. The second-order valence-electron chi connectivity index (χ2n) is 9.22. The maximum absolute atomic E-state index is 13.9. The summed E-state index contributed by atoms with van der Waals surface area (Å²) < 4.78 is 61.7. The lowest BCUT2D eigenvalue weighted by Crippen LogP contribution is -2.38. The standard InChI is InChI=1S/C28H24Cl2N4O8S2/c1-18-3-11-24(16-25(18)34(36)37)44(40,41)33(26-15-20(30)6-14-27(26)42-2)17-28(35)31-21-9-12-23(13-10-21)43(38,39)32-22-7-4-19(29)5-8-22/h3-16,32H,17H2,1-2H3,(H,31,35). The quantitative estimate of drug-likeness (QED) is 0.147. The summed E-state index contributed by atoms with van der Waals surface area (Å²) >= 11 is 12.0. The SMILES string of the molecule is COc1ccc(Cl)cc1N(CC(=O)Nc1ccc(S(=O)(=O)Nc2ccc(Cl)cc2)cc1)S(=O)(=O)c1ccc(C)c([N+](=O)[O-])c1. The minimum atomic E-state index is -4.59. The zero-order chi connectivity index (χ0) is 32.2. The van der Waals surface area contributed by atoms with Gasteiger partial charge in [-0.15, -0.1) is 0 Å². The minimum absolute atomic E-state index is 0.0649. The van der Waals surface area contributed by atoms with Crippen molar-refractivity contribution in [3.05, 3.63) is 111 Å². The second-order valence-corrected chi connectivity index (χ2v) is 13.6. The van der Waals surface area contributed by atoms with Gasteiger partial charge in [-0.25, -0.2) is 16.8 Å². The highest BCUT2D eigenvalue weighted by atomic mass is 35.5. The summed E-state index contributed by atoms with van der Waals surface area (Å²) in [7, 11) is -7.26. The predicted molar refractivity (Wildman–Crippen MR) is 168 cm³/mol. The molecule has 0 saturated carbocycles. The van der Waals surface area contributed by atoms with Gasteiger partial charge < -0.3 is 10.1 Å². The molecule has 12 nitrogen and oxygen atoms in total. The molecule has 230 valence electrons. The molecule has 0 atom stereocenters. The number of rotatable bonds is 11. The molecular formula is C28H24Cl2N4O8S2. The third-order valence-electron chi connectivity index (χ3n) is 6.21. The van der Waals surface area contributed by atoms with Crippen LogP contribution < -0.4 is 19.1 Å². The van der Waals surface area contributed by atoms with E-state index in [9.17, 15) is 31.7 Å². The van der Waals surface area contributed by atoms with Crippen LogP contribution in [0.1, 0.15) is 5.56 Å². The summed E-state index contributed by atoms with van der Waals surface area (Å²) in [5.74, 6) is -0.748. The maximum Gasteiger partial charge on any atom is 0.273 e. The molecule has 0 radical (unpaired) electrons. The van der Waals surface area contributed by atoms with Gasteiger partial charge in [-0.2, -0.15) is 0 Å². The Balaban J connectivity index is 1.62. The fraction of sp³-hybridized carbons (Fsp3) is 0.107. The lowest BCUT2D eigenvalue weighted by Gasteiger charge is -2.26. The largest absolute Gasteiger partial charge is 0.495 e. The zero-order valence-electron chi connectivity index (χ0n) is 23.0. The van der Waals surface area contributed by atoms with E-state index in [4.69, 9.17) is 27.9 Å². The molecule has 0 bridgehead atoms. The van der Waals surface area contributed by atoms with Crippen molar-refractivity contribution in [1.29, 1.82) is 0 Å². The molecule has 0 saturated heterocycles. The fourth-order valence-electron chi connectivity index (χ4n) is 4.01. The number of halogens is 2. The van der Waals surface area contributed by atoms with Crippen LogP contribution in [0.3, 0.4) is 0 Å². The number of ether oxygens (including phenoxy) is 1. The topological polar surface area (TPSA) is 165 Å². The molecule has 0 aromatic heterocycles. The van der Waals surface area contributed by atoms with Crippen molar-refractivity contribution in [3.63, 3.8) is 0 Å². The molecule has 0 fully saturated rings. The normalized spacial score (nSPS) is 11.5. The summed E-state index contributed by atoms with van der Waals surface area (Å²) in [5.41, 5.74) is 0.194. The Labute approximate surface area is 263 Å². The third kappa shape index (κ3) is 7.39. The number of anilines is 3. The van der Waals surface area contributed by atoms with E-state index < -0.39 is 48.0 Å². The fourth-order valence-corrected chi connectivity index (χ4v) is 6.81. The summed E-state index contributed by atoms with van der Waals surface area (Å²) in [5, 5.41) is 14.6. The average molecular weight is 680 g/mol. The molecular weight excluding hydrogens is 655 g/mol. The van der Waals surface area contributed by atoms with E-state index >= 15 is 0 Å². The number of carbonyl (C=O) groups is 1. The Kier molecular flexibility index (Phi) is 9.69. The minimum Gasteiger partial charge on any atom is -0.495 e. The number of nitrogens with zero attached hydrogens (tertiary/aromatic N) is 2. The number of methoxy groups -OCH3 is 1. The van der Waals surface area contributed by atoms with Gasteiger partial charge in [0.2, 0.25) is 5.91 Å². The van der Waals surface area contributed by atoms with Crippen LogP contribution in [0.4, 0.5) is 22.7 Å². The van der Waals surface area contributed by atoms with Gasteiger partial charge in [0.1, 0.15) is 12.3 Å². The molecule has 0 heterocycles. The first kappa shape index (κ1) is 32.5. The van der Waals surface area contributed by atoms with Crippen LogP contribution in [-0.2, 0) is 24.8 Å². The van der Waals surface area contributed by atoms with Crippen LogP contribution in [0.15, 0.2) is 94.7 Å². The van der Waals surface area contributed by atoms with Crippen molar-refractivity contribution in [2.24, 2.45) is 0 Å². The number of carbonyl (C=O) groups excluding carboxylic acids is 1. The van der Waals surface area contributed by atoms with Crippen LogP contribution >= 0.6 is 23.2 Å². The molecule has 0 aliphatic rings. The third-order valence-corrected chi connectivity index (χ3v) is 9.85. The van der Waals surface area contributed by atoms with Crippen LogP contribution in [0.5, 0.6) is 5.75 Å². The van der Waals surface area contributed by atoms with Crippen LogP contribution in [0.2, 0.25) is 10.0 Å². The van der Waals surface area contributed by atoms with Crippen molar-refractivity contribution >= 4 is 71.9 Å². The Hall–Kier alpha value is -4.37. The van der Waals surface area contributed by atoms with Gasteiger partial charge in [-0.1, -0.05) is 29.3 Å². The summed E-state index contributed by atoms with van der Waals surface area (Å²) in [4.78, 5) is 23.5. The molecule has 4 aromatic rings. The zero-order valence-corrected chi connectivity index (χ0v) is 26.2. The number of amides is 1. The molecule has 4 aromatic carbocycles. The monoisotopic (exact) mass is 678 g/mol. The van der Waals surface area contributed by atoms with Gasteiger partial charge in [0, 0.05) is 33.0 Å². The molecule has 1 amide bonds. The first-order chi connectivity index (χ1) is 20.7. The molecule has 4 rings (SSSR count). The molecule has 2 N–H and O–H groups in total. The number of aryl methyl sites for hydroxylation is 1. The van der Waals surface area contributed by atoms with Gasteiger partial charge in [-0.05, 0) is 79.7 Å². The van der Waals surface area contributed by atoms with Gasteiger partial charge in [0.15, 0.2) is 0 Å². The van der Waals surface area contributed by atoms with Crippen molar-refractivity contribution in [1.82, 2.24) is 0 Å². The lowest BCUT2D eigenvalue weighted by molar-refractivity contribution is -0.385. The van der Waals surface area contributed by atoms with E-state index in [1.165, 1.54) is 92.9 Å². The van der Waals surface area contributed by atoms with Gasteiger partial charge in [-0.3, -0.25) is 23.9 Å².